The van der Waals surface area contributed by atoms with E-state index in [9.17, 15) is 34.1 Å². The zero-order valence-corrected chi connectivity index (χ0v) is 16.6. The van der Waals surface area contributed by atoms with Crippen LogP contribution in [-0.4, -0.2) is 52.2 Å². The van der Waals surface area contributed by atoms with Crippen molar-refractivity contribution in [3.05, 3.63) is 69.8 Å². The van der Waals surface area contributed by atoms with Crippen LogP contribution >= 0.6 is 0 Å². The van der Waals surface area contributed by atoms with Gasteiger partial charge in [-0.25, -0.2) is 4.79 Å². The summed E-state index contributed by atoms with van der Waals surface area (Å²) < 4.78 is 4.89. The van der Waals surface area contributed by atoms with Gasteiger partial charge in [-0.3, -0.25) is 39.5 Å². The predicted octanol–water partition coefficient (Wildman–Crippen LogP) is 1.47. The van der Waals surface area contributed by atoms with E-state index in [0.717, 1.165) is 6.07 Å². The van der Waals surface area contributed by atoms with E-state index < -0.39 is 58.5 Å². The average molecular weight is 440 g/mol. The summed E-state index contributed by atoms with van der Waals surface area (Å²) in [7, 11) is 0. The third-order valence-corrected chi connectivity index (χ3v) is 4.41. The highest BCUT2D eigenvalue weighted by molar-refractivity contribution is 6.24. The van der Waals surface area contributed by atoms with Gasteiger partial charge in [-0.2, -0.15) is 0 Å². The summed E-state index contributed by atoms with van der Waals surface area (Å²) in [4.78, 5) is 71.8. The number of rotatable bonds is 6. The van der Waals surface area contributed by atoms with Gasteiger partial charge < -0.3 is 10.1 Å². The maximum atomic E-state index is 12.5. The SMILES string of the molecule is CC(OC(=O)CN1C(=O)c2cccc([N+](=O)[O-])c2C1=O)C(=O)NC(=O)Nc1ccccc1. The van der Waals surface area contributed by atoms with E-state index in [1.54, 1.807) is 30.3 Å². The van der Waals surface area contributed by atoms with E-state index in [2.05, 4.69) is 5.32 Å². The minimum Gasteiger partial charge on any atom is -0.451 e. The van der Waals surface area contributed by atoms with Crippen molar-refractivity contribution in [1.29, 1.82) is 0 Å². The highest BCUT2D eigenvalue weighted by atomic mass is 16.6. The van der Waals surface area contributed by atoms with Gasteiger partial charge in [0, 0.05) is 11.8 Å². The number of urea groups is 1. The van der Waals surface area contributed by atoms with Crippen LogP contribution in [0.15, 0.2) is 48.5 Å². The van der Waals surface area contributed by atoms with Crippen molar-refractivity contribution in [2.24, 2.45) is 0 Å². The van der Waals surface area contributed by atoms with Gasteiger partial charge in [0.25, 0.3) is 23.4 Å². The summed E-state index contributed by atoms with van der Waals surface area (Å²) in [5.74, 6) is -3.98. The Morgan fingerprint density at radius 1 is 1.06 bits per heavy atom. The topological polar surface area (TPSA) is 165 Å². The number of anilines is 1. The first kappa shape index (κ1) is 22.1. The van der Waals surface area contributed by atoms with Gasteiger partial charge in [0.05, 0.1) is 10.5 Å². The molecule has 32 heavy (non-hydrogen) atoms. The molecule has 5 amide bonds. The van der Waals surface area contributed by atoms with Crippen molar-refractivity contribution in [3.63, 3.8) is 0 Å². The first-order valence-electron chi connectivity index (χ1n) is 9.19. The molecule has 1 heterocycles. The number of carbonyl (C=O) groups excluding carboxylic acids is 5. The normalized spacial score (nSPS) is 13.2. The van der Waals surface area contributed by atoms with E-state index in [-0.39, 0.29) is 5.56 Å². The first-order valence-corrected chi connectivity index (χ1v) is 9.19. The van der Waals surface area contributed by atoms with Gasteiger partial charge in [0.1, 0.15) is 12.1 Å². The Morgan fingerprint density at radius 3 is 2.41 bits per heavy atom. The molecule has 0 aromatic heterocycles. The lowest BCUT2D eigenvalue weighted by Gasteiger charge is -2.16. The molecular formula is C20H16N4O8. The van der Waals surface area contributed by atoms with Gasteiger partial charge in [0.2, 0.25) is 0 Å². The van der Waals surface area contributed by atoms with Crippen LogP contribution in [0.1, 0.15) is 27.6 Å². The molecule has 1 atom stereocenters. The number of ether oxygens (including phenoxy) is 1. The van der Waals surface area contributed by atoms with E-state index in [1.165, 1.54) is 19.1 Å². The lowest BCUT2D eigenvalue weighted by atomic mass is 10.1. The van der Waals surface area contributed by atoms with E-state index in [1.807, 2.05) is 5.32 Å². The largest absolute Gasteiger partial charge is 0.451 e. The van der Waals surface area contributed by atoms with Crippen molar-refractivity contribution >= 4 is 41.1 Å². The molecule has 164 valence electrons. The van der Waals surface area contributed by atoms with Crippen molar-refractivity contribution < 1.29 is 33.6 Å². The molecular weight excluding hydrogens is 424 g/mol. The molecule has 1 aliphatic heterocycles. The zero-order valence-electron chi connectivity index (χ0n) is 16.6. The summed E-state index contributed by atoms with van der Waals surface area (Å²) in [6, 6.07) is 11.0. The van der Waals surface area contributed by atoms with Crippen LogP contribution in [0.25, 0.3) is 0 Å². The van der Waals surface area contributed by atoms with Crippen molar-refractivity contribution in [2.45, 2.75) is 13.0 Å². The summed E-state index contributed by atoms with van der Waals surface area (Å²) in [5, 5.41) is 15.5. The molecule has 2 N–H and O–H groups in total. The maximum Gasteiger partial charge on any atom is 0.326 e. The minimum absolute atomic E-state index is 0.208. The fourth-order valence-electron chi connectivity index (χ4n) is 2.93. The molecule has 0 spiro atoms. The highest BCUT2D eigenvalue weighted by Gasteiger charge is 2.42. The summed E-state index contributed by atoms with van der Waals surface area (Å²) in [5.41, 5.74) is -0.755. The molecule has 12 nitrogen and oxygen atoms in total. The number of nitrogens with one attached hydrogen (secondary N) is 2. The summed E-state index contributed by atoms with van der Waals surface area (Å²) in [6.07, 6.45) is -1.42. The Bertz CT molecular complexity index is 1130. The zero-order chi connectivity index (χ0) is 23.4. The number of nitro groups is 1. The van der Waals surface area contributed by atoms with E-state index >= 15 is 0 Å². The number of esters is 1. The van der Waals surface area contributed by atoms with E-state index in [4.69, 9.17) is 4.74 Å². The monoisotopic (exact) mass is 440 g/mol. The van der Waals surface area contributed by atoms with Gasteiger partial charge >= 0.3 is 12.0 Å². The molecule has 0 saturated carbocycles. The Hall–Kier alpha value is -4.61. The van der Waals surface area contributed by atoms with Crippen molar-refractivity contribution in [3.8, 4) is 0 Å². The van der Waals surface area contributed by atoms with Crippen molar-refractivity contribution in [1.82, 2.24) is 10.2 Å². The lowest BCUT2D eigenvalue weighted by Crippen LogP contribution is -2.43. The second kappa shape index (κ2) is 9.04. The van der Waals surface area contributed by atoms with Crippen LogP contribution in [0, 0.1) is 10.1 Å². The Balaban J connectivity index is 1.58. The summed E-state index contributed by atoms with van der Waals surface area (Å²) in [6.45, 7) is 0.327. The number of amides is 5. The second-order valence-electron chi connectivity index (χ2n) is 6.59. The summed E-state index contributed by atoms with van der Waals surface area (Å²) >= 11 is 0. The minimum atomic E-state index is -1.42. The van der Waals surface area contributed by atoms with E-state index in [0.29, 0.717) is 10.6 Å². The number of hydrogen-bond donors (Lipinski definition) is 2. The Labute approximate surface area is 180 Å². The fraction of sp³-hybridized carbons (Fsp3) is 0.150. The number of carbonyl (C=O) groups is 5. The number of hydrogen-bond acceptors (Lipinski definition) is 8. The van der Waals surface area contributed by atoms with Gasteiger partial charge in [-0.15, -0.1) is 0 Å². The highest BCUT2D eigenvalue weighted by Crippen LogP contribution is 2.30. The number of nitro benzene ring substituents is 1. The molecule has 1 unspecified atom stereocenters. The fourth-order valence-corrected chi connectivity index (χ4v) is 2.93. The first-order chi connectivity index (χ1) is 15.2. The van der Waals surface area contributed by atoms with Crippen LogP contribution in [0.3, 0.4) is 0 Å². The molecule has 0 radical (unpaired) electrons. The average Bonchev–Trinajstić information content (AvgIpc) is 2.99. The van der Waals surface area contributed by atoms with Crippen molar-refractivity contribution in [2.75, 3.05) is 11.9 Å². The third kappa shape index (κ3) is 4.59. The van der Waals surface area contributed by atoms with Crippen LogP contribution in [0.2, 0.25) is 0 Å². The number of nitrogens with zero attached hydrogens (tertiary/aromatic N) is 2. The quantitative estimate of drug-likeness (QED) is 0.295. The number of imide groups is 2. The molecule has 0 fully saturated rings. The molecule has 12 heteroatoms. The number of fused-ring (bicyclic) bond motifs is 1. The lowest BCUT2D eigenvalue weighted by molar-refractivity contribution is -0.385. The standard InChI is InChI=1S/C20H16N4O8/c1-11(17(26)22-20(29)21-12-6-3-2-4-7-12)32-15(25)10-23-18(27)13-8-5-9-14(24(30)31)16(13)19(23)28/h2-9,11H,10H2,1H3,(H2,21,22,26,29). The molecule has 3 rings (SSSR count). The second-order valence-corrected chi connectivity index (χ2v) is 6.59. The molecule has 0 bridgehead atoms. The number of para-hydroxylation sites is 1. The van der Waals surface area contributed by atoms with Gasteiger partial charge in [-0.05, 0) is 25.1 Å². The van der Waals surface area contributed by atoms with Crippen LogP contribution in [0.4, 0.5) is 16.2 Å². The smallest absolute Gasteiger partial charge is 0.326 e. The van der Waals surface area contributed by atoms with Crippen LogP contribution < -0.4 is 10.6 Å². The molecule has 0 aliphatic carbocycles. The molecule has 0 saturated heterocycles. The Morgan fingerprint density at radius 2 is 1.75 bits per heavy atom. The Kier molecular flexibility index (Phi) is 6.24. The van der Waals surface area contributed by atoms with Crippen LogP contribution in [-0.2, 0) is 14.3 Å². The predicted molar refractivity (Wildman–Crippen MR) is 108 cm³/mol. The maximum absolute atomic E-state index is 12.5. The van der Waals surface area contributed by atoms with Crippen LogP contribution in [0.5, 0.6) is 0 Å². The molecule has 2 aromatic rings. The van der Waals surface area contributed by atoms with Gasteiger partial charge in [-0.1, -0.05) is 24.3 Å². The molecule has 1 aliphatic rings. The third-order valence-electron chi connectivity index (χ3n) is 4.41. The number of benzene rings is 2. The van der Waals surface area contributed by atoms with Gasteiger partial charge in [0.15, 0.2) is 6.10 Å². The molecule has 2 aromatic carbocycles.